The van der Waals surface area contributed by atoms with Crippen LogP contribution < -0.4 is 0 Å². The van der Waals surface area contributed by atoms with Crippen LogP contribution >= 0.6 is 0 Å². The number of hydrogen-bond donors (Lipinski definition) is 2. The minimum Gasteiger partial charge on any atom is -0.481 e. The summed E-state index contributed by atoms with van der Waals surface area (Å²) in [6.07, 6.45) is 5.03. The van der Waals surface area contributed by atoms with E-state index in [9.17, 15) is 14.7 Å². The molecular formula is C15H28O5. The first-order valence-corrected chi connectivity index (χ1v) is 7.58. The van der Waals surface area contributed by atoms with Gasteiger partial charge in [-0.3, -0.25) is 9.59 Å². The fourth-order valence-corrected chi connectivity index (χ4v) is 1.98. The molecule has 2 N–H and O–H groups in total. The molecule has 0 saturated heterocycles. The first-order valence-electron chi connectivity index (χ1n) is 7.58. The Labute approximate surface area is 121 Å². The van der Waals surface area contributed by atoms with E-state index in [1.807, 2.05) is 0 Å². The number of aliphatic hydroxyl groups excluding tert-OH is 1. The second kappa shape index (κ2) is 11.7. The SMILES string of the molecule is CCCCCCCC(O)CC(=O)OC(CC)CC(=O)O. The Kier molecular flexibility index (Phi) is 11.1. The van der Waals surface area contributed by atoms with Crippen LogP contribution in [0.2, 0.25) is 0 Å². The minimum atomic E-state index is -0.985. The molecule has 0 spiro atoms. The fraction of sp³-hybridized carbons (Fsp3) is 0.867. The topological polar surface area (TPSA) is 83.8 Å². The third kappa shape index (κ3) is 10.8. The number of esters is 1. The van der Waals surface area contributed by atoms with Gasteiger partial charge in [-0.2, -0.15) is 0 Å². The lowest BCUT2D eigenvalue weighted by Gasteiger charge is -2.16. The highest BCUT2D eigenvalue weighted by atomic mass is 16.5. The molecule has 0 aromatic heterocycles. The molecule has 0 radical (unpaired) electrons. The maximum absolute atomic E-state index is 11.6. The quantitative estimate of drug-likeness (QED) is 0.426. The van der Waals surface area contributed by atoms with E-state index in [-0.39, 0.29) is 12.8 Å². The summed E-state index contributed by atoms with van der Waals surface area (Å²) in [7, 11) is 0. The predicted molar refractivity (Wildman–Crippen MR) is 76.4 cm³/mol. The van der Waals surface area contributed by atoms with Crippen molar-refractivity contribution < 1.29 is 24.5 Å². The normalized spacial score (nSPS) is 13.8. The van der Waals surface area contributed by atoms with Gasteiger partial charge < -0.3 is 14.9 Å². The molecule has 0 heterocycles. The Balaban J connectivity index is 3.79. The van der Waals surface area contributed by atoms with Crippen LogP contribution in [0.25, 0.3) is 0 Å². The number of aliphatic carboxylic acids is 1. The van der Waals surface area contributed by atoms with Crippen molar-refractivity contribution in [3.63, 3.8) is 0 Å². The highest BCUT2D eigenvalue weighted by Gasteiger charge is 2.18. The molecule has 5 nitrogen and oxygen atoms in total. The molecule has 0 aliphatic carbocycles. The summed E-state index contributed by atoms with van der Waals surface area (Å²) in [6.45, 7) is 3.91. The summed E-state index contributed by atoms with van der Waals surface area (Å²) in [4.78, 5) is 22.1. The van der Waals surface area contributed by atoms with E-state index in [0.717, 1.165) is 19.3 Å². The van der Waals surface area contributed by atoms with Gasteiger partial charge in [0.05, 0.1) is 18.9 Å². The molecule has 5 heteroatoms. The highest BCUT2D eigenvalue weighted by molar-refractivity contribution is 5.71. The third-order valence-electron chi connectivity index (χ3n) is 3.20. The Morgan fingerprint density at radius 2 is 1.70 bits per heavy atom. The van der Waals surface area contributed by atoms with Gasteiger partial charge in [0.2, 0.25) is 0 Å². The monoisotopic (exact) mass is 288 g/mol. The Morgan fingerprint density at radius 1 is 1.05 bits per heavy atom. The summed E-state index contributed by atoms with van der Waals surface area (Å²) < 4.78 is 5.05. The van der Waals surface area contributed by atoms with Crippen LogP contribution in [0.4, 0.5) is 0 Å². The van der Waals surface area contributed by atoms with E-state index in [4.69, 9.17) is 9.84 Å². The molecule has 118 valence electrons. The van der Waals surface area contributed by atoms with Crippen LogP contribution in [0, 0.1) is 0 Å². The third-order valence-corrected chi connectivity index (χ3v) is 3.20. The summed E-state index contributed by atoms with van der Waals surface area (Å²) in [5.41, 5.74) is 0. The van der Waals surface area contributed by atoms with Crippen molar-refractivity contribution in [3.8, 4) is 0 Å². The number of unbranched alkanes of at least 4 members (excludes halogenated alkanes) is 4. The van der Waals surface area contributed by atoms with Gasteiger partial charge >= 0.3 is 11.9 Å². The maximum atomic E-state index is 11.6. The zero-order valence-corrected chi connectivity index (χ0v) is 12.6. The van der Waals surface area contributed by atoms with Gasteiger partial charge in [-0.05, 0) is 12.8 Å². The summed E-state index contributed by atoms with van der Waals surface area (Å²) in [5.74, 6) is -1.50. The molecular weight excluding hydrogens is 260 g/mol. The van der Waals surface area contributed by atoms with Crippen LogP contribution in [0.1, 0.15) is 71.6 Å². The molecule has 0 aliphatic rings. The largest absolute Gasteiger partial charge is 0.481 e. The summed E-state index contributed by atoms with van der Waals surface area (Å²) in [6, 6.07) is 0. The second-order valence-electron chi connectivity index (χ2n) is 5.18. The van der Waals surface area contributed by atoms with E-state index in [0.29, 0.717) is 12.8 Å². The lowest BCUT2D eigenvalue weighted by Crippen LogP contribution is -2.23. The average Bonchev–Trinajstić information content (AvgIpc) is 2.36. The van der Waals surface area contributed by atoms with E-state index in [1.54, 1.807) is 6.92 Å². The van der Waals surface area contributed by atoms with Crippen LogP contribution in [-0.2, 0) is 14.3 Å². The number of rotatable bonds is 12. The molecule has 0 rings (SSSR count). The van der Waals surface area contributed by atoms with Gasteiger partial charge in [-0.1, -0.05) is 46.0 Å². The van der Waals surface area contributed by atoms with Crippen molar-refractivity contribution in [2.75, 3.05) is 0 Å². The minimum absolute atomic E-state index is 0.0517. The molecule has 2 unspecified atom stereocenters. The summed E-state index contributed by atoms with van der Waals surface area (Å²) in [5, 5.41) is 18.4. The number of hydrogen-bond acceptors (Lipinski definition) is 4. The zero-order valence-electron chi connectivity index (χ0n) is 12.6. The van der Waals surface area contributed by atoms with Gasteiger partial charge in [-0.25, -0.2) is 0 Å². The van der Waals surface area contributed by atoms with Crippen LogP contribution in [0.15, 0.2) is 0 Å². The molecule has 0 aromatic carbocycles. The standard InChI is InChI=1S/C15H28O5/c1-3-5-6-7-8-9-12(16)10-15(19)20-13(4-2)11-14(17)18/h12-13,16H,3-11H2,1-2H3,(H,17,18). The predicted octanol–water partition coefficient (Wildman–Crippen LogP) is 2.89. The lowest BCUT2D eigenvalue weighted by atomic mass is 10.1. The van der Waals surface area contributed by atoms with E-state index >= 15 is 0 Å². The molecule has 0 amide bonds. The van der Waals surface area contributed by atoms with Crippen molar-refractivity contribution in [3.05, 3.63) is 0 Å². The van der Waals surface area contributed by atoms with Gasteiger partial charge in [0.1, 0.15) is 6.10 Å². The Hall–Kier alpha value is -1.10. The zero-order chi connectivity index (χ0) is 15.4. The number of carboxylic acid groups (broad SMARTS) is 1. The number of carboxylic acids is 1. The lowest BCUT2D eigenvalue weighted by molar-refractivity contribution is -0.154. The van der Waals surface area contributed by atoms with Crippen molar-refractivity contribution in [2.45, 2.75) is 83.8 Å². The van der Waals surface area contributed by atoms with Crippen molar-refractivity contribution >= 4 is 11.9 Å². The molecule has 20 heavy (non-hydrogen) atoms. The molecule has 0 aliphatic heterocycles. The van der Waals surface area contributed by atoms with Gasteiger partial charge in [-0.15, -0.1) is 0 Å². The van der Waals surface area contributed by atoms with Crippen LogP contribution in [0.5, 0.6) is 0 Å². The Morgan fingerprint density at radius 3 is 2.25 bits per heavy atom. The van der Waals surface area contributed by atoms with Gasteiger partial charge in [0.15, 0.2) is 0 Å². The van der Waals surface area contributed by atoms with Gasteiger partial charge in [0, 0.05) is 0 Å². The fourth-order valence-electron chi connectivity index (χ4n) is 1.98. The molecule has 0 saturated carbocycles. The van der Waals surface area contributed by atoms with Gasteiger partial charge in [0.25, 0.3) is 0 Å². The summed E-state index contributed by atoms with van der Waals surface area (Å²) >= 11 is 0. The number of carbonyl (C=O) groups excluding carboxylic acids is 1. The van der Waals surface area contributed by atoms with E-state index in [2.05, 4.69) is 6.92 Å². The van der Waals surface area contributed by atoms with Crippen molar-refractivity contribution in [1.29, 1.82) is 0 Å². The van der Waals surface area contributed by atoms with E-state index < -0.39 is 24.1 Å². The maximum Gasteiger partial charge on any atom is 0.308 e. The smallest absolute Gasteiger partial charge is 0.308 e. The molecule has 0 fully saturated rings. The Bertz CT molecular complexity index is 277. The average molecular weight is 288 g/mol. The number of aliphatic hydroxyl groups is 1. The van der Waals surface area contributed by atoms with Crippen LogP contribution in [0.3, 0.4) is 0 Å². The number of ether oxygens (including phenoxy) is 1. The van der Waals surface area contributed by atoms with E-state index in [1.165, 1.54) is 12.8 Å². The molecule has 0 aromatic rings. The van der Waals surface area contributed by atoms with Crippen molar-refractivity contribution in [2.24, 2.45) is 0 Å². The van der Waals surface area contributed by atoms with Crippen LogP contribution in [-0.4, -0.2) is 34.4 Å². The molecule has 0 bridgehead atoms. The number of carbonyl (C=O) groups is 2. The molecule has 2 atom stereocenters. The highest BCUT2D eigenvalue weighted by Crippen LogP contribution is 2.11. The first-order chi connectivity index (χ1) is 9.49. The second-order valence-corrected chi connectivity index (χ2v) is 5.18. The first kappa shape index (κ1) is 18.9. The van der Waals surface area contributed by atoms with Crippen molar-refractivity contribution in [1.82, 2.24) is 0 Å².